The minimum absolute atomic E-state index is 0.00532. The van der Waals surface area contributed by atoms with Crippen molar-refractivity contribution in [3.63, 3.8) is 0 Å². The molecule has 2 aromatic heterocycles. The van der Waals surface area contributed by atoms with Crippen molar-refractivity contribution < 1.29 is 36.2 Å². The number of amides is 1. The van der Waals surface area contributed by atoms with Crippen LogP contribution in [-0.2, 0) is 5.54 Å². The van der Waals surface area contributed by atoms with Crippen LogP contribution in [0.1, 0.15) is 28.0 Å². The molecule has 33 heavy (non-hydrogen) atoms. The van der Waals surface area contributed by atoms with Gasteiger partial charge in [0.2, 0.25) is 11.5 Å². The number of carbonyl (C=O) groups is 1. The maximum atomic E-state index is 14.6. The summed E-state index contributed by atoms with van der Waals surface area (Å²) in [5.41, 5.74) is -2.22. The van der Waals surface area contributed by atoms with Gasteiger partial charge in [-0.2, -0.15) is 4.39 Å². The van der Waals surface area contributed by atoms with Crippen LogP contribution in [0.2, 0.25) is 0 Å². The summed E-state index contributed by atoms with van der Waals surface area (Å²) in [5, 5.41) is 2.66. The van der Waals surface area contributed by atoms with Crippen LogP contribution in [0.3, 0.4) is 0 Å². The van der Waals surface area contributed by atoms with Crippen LogP contribution in [0.4, 0.5) is 22.0 Å². The summed E-state index contributed by atoms with van der Waals surface area (Å²) in [6, 6.07) is 7.26. The standard InChI is InChI=1S/C21H14F5N3O4/c22-13-9-12(2-3-14(13)33-21(24,25)26)20(29-19(31)11-1-6-17(30)27-10-11)7-8-32-15-4-5-16(23)28-18(15)20/h1-6,9-10H,7-8H2,(H,27,30)(H,29,31)/t20-/m0/s1. The number of alkyl halides is 3. The molecule has 0 bridgehead atoms. The molecule has 0 radical (unpaired) electrons. The number of halogens is 5. The Hall–Kier alpha value is -3.96. The van der Waals surface area contributed by atoms with Crippen LogP contribution in [0.15, 0.2) is 53.5 Å². The second-order valence-corrected chi connectivity index (χ2v) is 7.07. The Morgan fingerprint density at radius 1 is 1.15 bits per heavy atom. The van der Waals surface area contributed by atoms with E-state index in [9.17, 15) is 31.5 Å². The van der Waals surface area contributed by atoms with Gasteiger partial charge in [0.1, 0.15) is 17.0 Å². The highest BCUT2D eigenvalue weighted by Gasteiger charge is 2.44. The molecule has 0 aliphatic carbocycles. The number of H-pyrrole nitrogens is 1. The molecule has 172 valence electrons. The molecule has 3 aromatic rings. The lowest BCUT2D eigenvalue weighted by molar-refractivity contribution is -0.275. The van der Waals surface area contributed by atoms with Crippen molar-refractivity contribution in [3.8, 4) is 11.5 Å². The Balaban J connectivity index is 1.84. The number of rotatable bonds is 4. The van der Waals surface area contributed by atoms with Crippen molar-refractivity contribution in [2.24, 2.45) is 0 Å². The van der Waals surface area contributed by atoms with Gasteiger partial charge in [-0.25, -0.2) is 9.37 Å². The molecule has 0 saturated heterocycles. The highest BCUT2D eigenvalue weighted by Crippen LogP contribution is 2.42. The van der Waals surface area contributed by atoms with Crippen molar-refractivity contribution in [2.75, 3.05) is 6.61 Å². The fraction of sp³-hybridized carbons (Fsp3) is 0.190. The molecular formula is C21H14F5N3O4. The van der Waals surface area contributed by atoms with Gasteiger partial charge in [0.05, 0.1) is 12.2 Å². The molecule has 1 amide bonds. The fourth-order valence-electron chi connectivity index (χ4n) is 3.54. The summed E-state index contributed by atoms with van der Waals surface area (Å²) < 4.78 is 75.4. The van der Waals surface area contributed by atoms with Crippen molar-refractivity contribution in [3.05, 3.63) is 87.6 Å². The van der Waals surface area contributed by atoms with E-state index in [0.717, 1.165) is 36.5 Å². The number of hydrogen-bond donors (Lipinski definition) is 2. The number of fused-ring (bicyclic) bond motifs is 1. The zero-order valence-electron chi connectivity index (χ0n) is 16.5. The summed E-state index contributed by atoms with van der Waals surface area (Å²) >= 11 is 0. The van der Waals surface area contributed by atoms with Crippen LogP contribution >= 0.6 is 0 Å². The van der Waals surface area contributed by atoms with Crippen LogP contribution in [0.5, 0.6) is 11.5 Å². The smallest absolute Gasteiger partial charge is 0.491 e. The molecule has 1 atom stereocenters. The number of aromatic amines is 1. The molecule has 2 N–H and O–H groups in total. The number of ether oxygens (including phenoxy) is 2. The number of aromatic nitrogens is 2. The molecular weight excluding hydrogens is 453 g/mol. The molecule has 0 spiro atoms. The predicted molar refractivity (Wildman–Crippen MR) is 103 cm³/mol. The van der Waals surface area contributed by atoms with Crippen molar-refractivity contribution in [1.29, 1.82) is 0 Å². The van der Waals surface area contributed by atoms with Crippen LogP contribution in [0, 0.1) is 11.8 Å². The second-order valence-electron chi connectivity index (χ2n) is 7.07. The summed E-state index contributed by atoms with van der Waals surface area (Å²) in [6.45, 7) is -0.00532. The normalized spacial score (nSPS) is 17.6. The molecule has 0 fully saturated rings. The molecule has 3 heterocycles. The molecule has 4 rings (SSSR count). The van der Waals surface area contributed by atoms with Gasteiger partial charge in [0.15, 0.2) is 11.6 Å². The van der Waals surface area contributed by atoms with Gasteiger partial charge in [-0.3, -0.25) is 9.59 Å². The SMILES string of the molecule is O=C(N[C@]1(c2ccc(OC(F)(F)F)c(F)c2)CCOc2ccc(F)nc21)c1ccc(=O)[nH]c1. The van der Waals surface area contributed by atoms with Gasteiger partial charge in [0.25, 0.3) is 5.91 Å². The van der Waals surface area contributed by atoms with Crippen molar-refractivity contribution in [2.45, 2.75) is 18.3 Å². The number of carbonyl (C=O) groups excluding carboxylic acids is 1. The Bertz CT molecular complexity index is 1260. The highest BCUT2D eigenvalue weighted by molar-refractivity contribution is 5.94. The number of hydrogen-bond acceptors (Lipinski definition) is 5. The van der Waals surface area contributed by atoms with Gasteiger partial charge in [-0.15, -0.1) is 13.2 Å². The summed E-state index contributed by atoms with van der Waals surface area (Å²) in [6.07, 6.45) is -4.02. The third-order valence-electron chi connectivity index (χ3n) is 4.99. The first-order valence-electron chi connectivity index (χ1n) is 9.44. The highest BCUT2D eigenvalue weighted by atomic mass is 19.4. The molecule has 12 heteroatoms. The van der Waals surface area contributed by atoms with E-state index in [1.54, 1.807) is 0 Å². The second kappa shape index (κ2) is 8.19. The van der Waals surface area contributed by atoms with Crippen molar-refractivity contribution >= 4 is 5.91 Å². The molecule has 1 aromatic carbocycles. The lowest BCUT2D eigenvalue weighted by Gasteiger charge is -2.39. The quantitative estimate of drug-likeness (QED) is 0.453. The summed E-state index contributed by atoms with van der Waals surface area (Å²) in [5.74, 6) is -3.99. The monoisotopic (exact) mass is 467 g/mol. The van der Waals surface area contributed by atoms with Gasteiger partial charge < -0.3 is 19.8 Å². The van der Waals surface area contributed by atoms with Crippen LogP contribution in [0.25, 0.3) is 0 Å². The number of pyridine rings is 2. The van der Waals surface area contributed by atoms with Gasteiger partial charge in [0, 0.05) is 18.7 Å². The van der Waals surface area contributed by atoms with E-state index < -0.39 is 40.9 Å². The topological polar surface area (TPSA) is 93.3 Å². The van der Waals surface area contributed by atoms with E-state index in [0.29, 0.717) is 0 Å². The first kappa shape index (κ1) is 22.2. The lowest BCUT2D eigenvalue weighted by atomic mass is 9.81. The Morgan fingerprint density at radius 3 is 2.61 bits per heavy atom. The summed E-state index contributed by atoms with van der Waals surface area (Å²) in [7, 11) is 0. The molecule has 0 saturated carbocycles. The van der Waals surface area contributed by atoms with E-state index >= 15 is 0 Å². The first-order valence-corrected chi connectivity index (χ1v) is 9.44. The van der Waals surface area contributed by atoms with Crippen LogP contribution in [-0.4, -0.2) is 28.8 Å². The zero-order chi connectivity index (χ0) is 23.8. The van der Waals surface area contributed by atoms with Crippen LogP contribution < -0.4 is 20.3 Å². The van der Waals surface area contributed by atoms with E-state index in [1.807, 2.05) is 0 Å². The van der Waals surface area contributed by atoms with E-state index in [-0.39, 0.29) is 35.6 Å². The zero-order valence-corrected chi connectivity index (χ0v) is 16.5. The minimum atomic E-state index is -5.12. The van der Waals surface area contributed by atoms with E-state index in [1.165, 1.54) is 12.1 Å². The Morgan fingerprint density at radius 2 is 1.94 bits per heavy atom. The third-order valence-corrected chi connectivity index (χ3v) is 4.99. The average molecular weight is 467 g/mol. The largest absolute Gasteiger partial charge is 0.573 e. The van der Waals surface area contributed by atoms with Gasteiger partial charge in [-0.05, 0) is 35.9 Å². The minimum Gasteiger partial charge on any atom is -0.491 e. The van der Waals surface area contributed by atoms with E-state index in [2.05, 4.69) is 20.0 Å². The Kier molecular flexibility index (Phi) is 5.52. The first-order chi connectivity index (χ1) is 15.6. The number of benzene rings is 1. The fourth-order valence-corrected chi connectivity index (χ4v) is 3.54. The average Bonchev–Trinajstić information content (AvgIpc) is 2.75. The molecule has 1 aliphatic rings. The number of nitrogens with one attached hydrogen (secondary N) is 2. The maximum absolute atomic E-state index is 14.6. The van der Waals surface area contributed by atoms with Gasteiger partial charge >= 0.3 is 6.36 Å². The molecule has 1 aliphatic heterocycles. The van der Waals surface area contributed by atoms with Gasteiger partial charge in [-0.1, -0.05) is 6.07 Å². The van der Waals surface area contributed by atoms with Crippen molar-refractivity contribution in [1.82, 2.24) is 15.3 Å². The molecule has 0 unspecified atom stereocenters. The maximum Gasteiger partial charge on any atom is 0.573 e. The van der Waals surface area contributed by atoms with E-state index in [4.69, 9.17) is 4.74 Å². The Labute approximate surface area is 182 Å². The number of nitrogens with zero attached hydrogens (tertiary/aromatic N) is 1. The lowest BCUT2D eigenvalue weighted by Crippen LogP contribution is -2.50. The molecule has 7 nitrogen and oxygen atoms in total. The predicted octanol–water partition coefficient (Wildman–Crippen LogP) is 3.40. The third kappa shape index (κ3) is 4.49. The summed E-state index contributed by atoms with van der Waals surface area (Å²) in [4.78, 5) is 30.4.